The minimum absolute atomic E-state index is 0.0116. The number of aryl methyl sites for hydroxylation is 1. The Morgan fingerprint density at radius 2 is 2.41 bits per heavy atom. The molecule has 1 aromatic rings. The van der Waals surface area contributed by atoms with Crippen molar-refractivity contribution in [2.24, 2.45) is 12.8 Å². The van der Waals surface area contributed by atoms with E-state index < -0.39 is 4.92 Å². The molecule has 0 bridgehead atoms. The fourth-order valence-electron chi connectivity index (χ4n) is 1.61. The Balaban J connectivity index is 2.74. The van der Waals surface area contributed by atoms with Crippen LogP contribution in [0.25, 0.3) is 0 Å². The van der Waals surface area contributed by atoms with Gasteiger partial charge >= 0.3 is 5.69 Å². The summed E-state index contributed by atoms with van der Waals surface area (Å²) >= 11 is 0. The predicted molar refractivity (Wildman–Crippen MR) is 65.9 cm³/mol. The molecular formula is C10H19N5O2. The highest BCUT2D eigenvalue weighted by molar-refractivity contribution is 5.55. The summed E-state index contributed by atoms with van der Waals surface area (Å²) in [7, 11) is 1.65. The van der Waals surface area contributed by atoms with Crippen LogP contribution in [0.5, 0.6) is 0 Å². The summed E-state index contributed by atoms with van der Waals surface area (Å²) in [6, 6.07) is 0.0311. The Morgan fingerprint density at radius 3 is 2.94 bits per heavy atom. The molecule has 1 aromatic heterocycles. The monoisotopic (exact) mass is 241 g/mol. The Kier molecular flexibility index (Phi) is 4.89. The Labute approximate surface area is 100 Å². The molecule has 0 fully saturated rings. The maximum atomic E-state index is 10.8. The van der Waals surface area contributed by atoms with Gasteiger partial charge in [-0.25, -0.2) is 0 Å². The van der Waals surface area contributed by atoms with Crippen LogP contribution in [0.2, 0.25) is 0 Å². The Hall–Kier alpha value is -1.63. The molecule has 7 heteroatoms. The summed E-state index contributed by atoms with van der Waals surface area (Å²) in [4.78, 5) is 10.4. The number of nitro groups is 1. The minimum Gasteiger partial charge on any atom is -0.359 e. The van der Waals surface area contributed by atoms with Gasteiger partial charge in [0.1, 0.15) is 6.20 Å². The van der Waals surface area contributed by atoms with E-state index >= 15 is 0 Å². The molecular weight excluding hydrogens is 222 g/mol. The maximum Gasteiger partial charge on any atom is 0.330 e. The molecule has 0 spiro atoms. The third-order valence-electron chi connectivity index (χ3n) is 2.54. The van der Waals surface area contributed by atoms with Gasteiger partial charge in [-0.05, 0) is 6.42 Å². The molecule has 1 heterocycles. The van der Waals surface area contributed by atoms with Crippen molar-refractivity contribution in [3.63, 3.8) is 0 Å². The summed E-state index contributed by atoms with van der Waals surface area (Å²) < 4.78 is 1.42. The molecule has 0 aliphatic rings. The first-order chi connectivity index (χ1) is 8.08. The van der Waals surface area contributed by atoms with Crippen molar-refractivity contribution in [1.29, 1.82) is 0 Å². The van der Waals surface area contributed by atoms with Crippen molar-refractivity contribution in [3.8, 4) is 0 Å². The predicted octanol–water partition coefficient (Wildman–Crippen LogP) is 1.26. The molecule has 0 saturated carbocycles. The van der Waals surface area contributed by atoms with Gasteiger partial charge in [-0.3, -0.25) is 14.8 Å². The second kappa shape index (κ2) is 6.19. The van der Waals surface area contributed by atoms with Crippen molar-refractivity contribution < 1.29 is 4.92 Å². The number of anilines is 1. The number of hydrogen-bond donors (Lipinski definition) is 2. The molecule has 0 amide bonds. The van der Waals surface area contributed by atoms with Crippen LogP contribution in [0.4, 0.5) is 11.5 Å². The summed E-state index contributed by atoms with van der Waals surface area (Å²) in [5, 5.41) is 17.9. The SMILES string of the molecule is CCCCC(CN)Nc1nn(C)cc1[N+](=O)[O-]. The van der Waals surface area contributed by atoms with E-state index in [0.717, 1.165) is 19.3 Å². The van der Waals surface area contributed by atoms with Gasteiger partial charge in [-0.1, -0.05) is 19.8 Å². The third kappa shape index (κ3) is 3.70. The van der Waals surface area contributed by atoms with E-state index in [2.05, 4.69) is 17.3 Å². The van der Waals surface area contributed by atoms with Gasteiger partial charge in [0.2, 0.25) is 5.82 Å². The van der Waals surface area contributed by atoms with Gasteiger partial charge < -0.3 is 11.1 Å². The van der Waals surface area contributed by atoms with Crippen molar-refractivity contribution >= 4 is 11.5 Å². The van der Waals surface area contributed by atoms with Crippen LogP contribution >= 0.6 is 0 Å². The van der Waals surface area contributed by atoms with Gasteiger partial charge in [-0.2, -0.15) is 0 Å². The zero-order chi connectivity index (χ0) is 12.8. The van der Waals surface area contributed by atoms with Crippen LogP contribution in [-0.2, 0) is 7.05 Å². The third-order valence-corrected chi connectivity index (χ3v) is 2.54. The number of aromatic nitrogens is 2. The molecule has 7 nitrogen and oxygen atoms in total. The summed E-state index contributed by atoms with van der Waals surface area (Å²) in [6.45, 7) is 2.53. The zero-order valence-corrected chi connectivity index (χ0v) is 10.2. The van der Waals surface area contributed by atoms with Gasteiger partial charge in [0.05, 0.1) is 4.92 Å². The number of nitrogens with two attached hydrogens (primary N) is 1. The molecule has 1 rings (SSSR count). The molecule has 17 heavy (non-hydrogen) atoms. The molecule has 3 N–H and O–H groups in total. The summed E-state index contributed by atoms with van der Waals surface area (Å²) in [5.41, 5.74) is 5.62. The number of hydrogen-bond acceptors (Lipinski definition) is 5. The lowest BCUT2D eigenvalue weighted by atomic mass is 10.1. The van der Waals surface area contributed by atoms with Crippen molar-refractivity contribution in [3.05, 3.63) is 16.3 Å². The minimum atomic E-state index is -0.442. The lowest BCUT2D eigenvalue weighted by Crippen LogP contribution is -2.29. The Morgan fingerprint density at radius 1 is 1.71 bits per heavy atom. The van der Waals surface area contributed by atoms with E-state index in [1.54, 1.807) is 7.05 Å². The first-order valence-electron chi connectivity index (χ1n) is 5.73. The van der Waals surface area contributed by atoms with E-state index in [1.165, 1.54) is 10.9 Å². The number of nitrogens with one attached hydrogen (secondary N) is 1. The summed E-state index contributed by atoms with van der Waals surface area (Å²) in [5.74, 6) is 0.295. The molecule has 96 valence electrons. The number of rotatable bonds is 7. The smallest absolute Gasteiger partial charge is 0.330 e. The largest absolute Gasteiger partial charge is 0.359 e. The van der Waals surface area contributed by atoms with Crippen LogP contribution in [0.3, 0.4) is 0 Å². The first-order valence-corrected chi connectivity index (χ1v) is 5.73. The normalized spacial score (nSPS) is 12.4. The maximum absolute atomic E-state index is 10.8. The first kappa shape index (κ1) is 13.4. The summed E-state index contributed by atoms with van der Waals surface area (Å²) in [6.07, 6.45) is 4.38. The van der Waals surface area contributed by atoms with Crippen molar-refractivity contribution in [1.82, 2.24) is 9.78 Å². The lowest BCUT2D eigenvalue weighted by Gasteiger charge is -2.15. The van der Waals surface area contributed by atoms with E-state index in [9.17, 15) is 10.1 Å². The average molecular weight is 241 g/mol. The van der Waals surface area contributed by atoms with Crippen LogP contribution in [0.15, 0.2) is 6.20 Å². The van der Waals surface area contributed by atoms with E-state index in [4.69, 9.17) is 5.73 Å². The highest BCUT2D eigenvalue weighted by Crippen LogP contribution is 2.22. The second-order valence-corrected chi connectivity index (χ2v) is 4.01. The quantitative estimate of drug-likeness (QED) is 0.553. The fraction of sp³-hybridized carbons (Fsp3) is 0.700. The van der Waals surface area contributed by atoms with Crippen LogP contribution in [0, 0.1) is 10.1 Å². The molecule has 0 aliphatic heterocycles. The van der Waals surface area contributed by atoms with Gasteiger partial charge in [0.15, 0.2) is 0 Å². The molecule has 0 radical (unpaired) electrons. The topological polar surface area (TPSA) is 99.0 Å². The molecule has 1 atom stereocenters. The van der Waals surface area contributed by atoms with E-state index in [1.807, 2.05) is 0 Å². The Bertz CT molecular complexity index is 377. The molecule has 0 saturated heterocycles. The van der Waals surface area contributed by atoms with E-state index in [-0.39, 0.29) is 11.7 Å². The molecule has 0 aromatic carbocycles. The molecule has 1 unspecified atom stereocenters. The van der Waals surface area contributed by atoms with Gasteiger partial charge in [0, 0.05) is 19.6 Å². The highest BCUT2D eigenvalue weighted by Gasteiger charge is 2.20. The standard InChI is InChI=1S/C10H19N5O2/c1-3-4-5-8(6-11)12-10-9(15(16)17)7-14(2)13-10/h7-8H,3-6,11H2,1-2H3,(H,12,13). The fourth-order valence-corrected chi connectivity index (χ4v) is 1.61. The number of nitrogens with zero attached hydrogens (tertiary/aromatic N) is 3. The zero-order valence-electron chi connectivity index (χ0n) is 10.2. The lowest BCUT2D eigenvalue weighted by molar-refractivity contribution is -0.384. The molecule has 0 aliphatic carbocycles. The second-order valence-electron chi connectivity index (χ2n) is 4.01. The van der Waals surface area contributed by atoms with Gasteiger partial charge in [-0.15, -0.1) is 5.10 Å². The van der Waals surface area contributed by atoms with Crippen LogP contribution in [0.1, 0.15) is 26.2 Å². The van der Waals surface area contributed by atoms with Gasteiger partial charge in [0.25, 0.3) is 0 Å². The number of unbranched alkanes of at least 4 members (excludes halogenated alkanes) is 1. The van der Waals surface area contributed by atoms with Crippen LogP contribution in [-0.4, -0.2) is 27.3 Å². The van der Waals surface area contributed by atoms with Crippen molar-refractivity contribution in [2.75, 3.05) is 11.9 Å². The van der Waals surface area contributed by atoms with Crippen molar-refractivity contribution in [2.45, 2.75) is 32.2 Å². The van der Waals surface area contributed by atoms with Crippen LogP contribution < -0.4 is 11.1 Å². The van der Waals surface area contributed by atoms with E-state index in [0.29, 0.717) is 12.4 Å². The highest BCUT2D eigenvalue weighted by atomic mass is 16.6. The average Bonchev–Trinajstić information content (AvgIpc) is 2.65.